The fourth-order valence-electron chi connectivity index (χ4n) is 0.654. The van der Waals surface area contributed by atoms with E-state index in [4.69, 9.17) is 19.7 Å². The molecule has 14 heavy (non-hydrogen) atoms. The average Bonchev–Trinajstić information content (AvgIpc) is 2.16. The molecule has 0 rings (SSSR count). The Morgan fingerprint density at radius 3 is 2.36 bits per heavy atom. The van der Waals surface area contributed by atoms with E-state index in [2.05, 4.69) is 4.74 Å². The maximum atomic E-state index is 10.1. The van der Waals surface area contributed by atoms with Gasteiger partial charge in [0, 0.05) is 6.61 Å². The van der Waals surface area contributed by atoms with Crippen LogP contribution in [0.1, 0.15) is 6.92 Å². The van der Waals surface area contributed by atoms with Crippen LogP contribution in [0.2, 0.25) is 0 Å². The quantitative estimate of drug-likeness (QED) is 0.391. The standard InChI is InChI=1S/C8H16O6/c1-2-12-3-4-13-5-6-14-8(11)7(9)10/h8,11H,2-6H2,1H3,(H,9,10). The van der Waals surface area contributed by atoms with E-state index in [1.165, 1.54) is 0 Å². The minimum Gasteiger partial charge on any atom is -0.477 e. The predicted octanol–water partition coefficient (Wildman–Crippen LogP) is -0.541. The molecule has 0 amide bonds. The Morgan fingerprint density at radius 2 is 1.79 bits per heavy atom. The van der Waals surface area contributed by atoms with Crippen LogP contribution in [0.3, 0.4) is 0 Å². The van der Waals surface area contributed by atoms with Gasteiger partial charge in [-0.3, -0.25) is 0 Å². The highest BCUT2D eigenvalue weighted by molar-refractivity contribution is 5.70. The third-order valence-electron chi connectivity index (χ3n) is 1.29. The van der Waals surface area contributed by atoms with E-state index in [-0.39, 0.29) is 13.2 Å². The van der Waals surface area contributed by atoms with Crippen molar-refractivity contribution >= 4 is 5.97 Å². The largest absolute Gasteiger partial charge is 0.477 e. The molecule has 0 aromatic rings. The van der Waals surface area contributed by atoms with Crippen LogP contribution in [-0.4, -0.2) is 55.5 Å². The number of carbonyl (C=O) groups is 1. The van der Waals surface area contributed by atoms with Gasteiger partial charge in [-0.05, 0) is 6.92 Å². The van der Waals surface area contributed by atoms with Gasteiger partial charge in [0.1, 0.15) is 0 Å². The van der Waals surface area contributed by atoms with Gasteiger partial charge in [0.15, 0.2) is 0 Å². The number of carboxylic acid groups (broad SMARTS) is 1. The van der Waals surface area contributed by atoms with Crippen LogP contribution in [-0.2, 0) is 19.0 Å². The van der Waals surface area contributed by atoms with Crippen LogP contribution < -0.4 is 0 Å². The molecule has 84 valence electrons. The van der Waals surface area contributed by atoms with Crippen molar-refractivity contribution in [3.05, 3.63) is 0 Å². The summed E-state index contributed by atoms with van der Waals surface area (Å²) in [4.78, 5) is 10.1. The number of hydrogen-bond donors (Lipinski definition) is 2. The number of aliphatic hydroxyl groups excluding tert-OH is 1. The summed E-state index contributed by atoms with van der Waals surface area (Å²) in [6, 6.07) is 0. The molecule has 0 aromatic heterocycles. The van der Waals surface area contributed by atoms with Crippen LogP contribution >= 0.6 is 0 Å². The number of carboxylic acids is 1. The highest BCUT2D eigenvalue weighted by Crippen LogP contribution is 1.87. The highest BCUT2D eigenvalue weighted by Gasteiger charge is 2.12. The van der Waals surface area contributed by atoms with Gasteiger partial charge < -0.3 is 24.4 Å². The van der Waals surface area contributed by atoms with Crippen LogP contribution in [0, 0.1) is 0 Å². The van der Waals surface area contributed by atoms with Crippen molar-refractivity contribution in [3.8, 4) is 0 Å². The van der Waals surface area contributed by atoms with E-state index in [0.29, 0.717) is 19.8 Å². The third-order valence-corrected chi connectivity index (χ3v) is 1.29. The molecule has 0 aromatic carbocycles. The van der Waals surface area contributed by atoms with Crippen molar-refractivity contribution in [2.75, 3.05) is 33.0 Å². The second-order valence-electron chi connectivity index (χ2n) is 2.37. The molecule has 1 unspecified atom stereocenters. The minimum atomic E-state index is -1.77. The first-order valence-electron chi connectivity index (χ1n) is 4.36. The lowest BCUT2D eigenvalue weighted by Crippen LogP contribution is -2.25. The lowest BCUT2D eigenvalue weighted by atomic mass is 10.6. The zero-order valence-electron chi connectivity index (χ0n) is 8.14. The van der Waals surface area contributed by atoms with Gasteiger partial charge in [-0.25, -0.2) is 4.79 Å². The molecular formula is C8H16O6. The molecule has 0 bridgehead atoms. The molecule has 0 aliphatic heterocycles. The molecule has 0 heterocycles. The number of aliphatic carboxylic acids is 1. The molecule has 6 nitrogen and oxygen atoms in total. The van der Waals surface area contributed by atoms with Crippen molar-refractivity contribution in [1.29, 1.82) is 0 Å². The Hall–Kier alpha value is -0.690. The van der Waals surface area contributed by atoms with Crippen molar-refractivity contribution in [3.63, 3.8) is 0 Å². The maximum absolute atomic E-state index is 10.1. The fourth-order valence-corrected chi connectivity index (χ4v) is 0.654. The summed E-state index contributed by atoms with van der Waals surface area (Å²) >= 11 is 0. The second kappa shape index (κ2) is 8.89. The Morgan fingerprint density at radius 1 is 1.21 bits per heavy atom. The van der Waals surface area contributed by atoms with Crippen molar-refractivity contribution < 1.29 is 29.2 Å². The zero-order chi connectivity index (χ0) is 10.8. The van der Waals surface area contributed by atoms with E-state index in [0.717, 1.165) is 0 Å². The SMILES string of the molecule is CCOCCOCCOC(O)C(=O)O. The average molecular weight is 208 g/mol. The van der Waals surface area contributed by atoms with Crippen molar-refractivity contribution in [2.24, 2.45) is 0 Å². The maximum Gasteiger partial charge on any atom is 0.360 e. The first-order valence-corrected chi connectivity index (χ1v) is 4.36. The van der Waals surface area contributed by atoms with Gasteiger partial charge in [0.05, 0.1) is 26.4 Å². The first-order chi connectivity index (χ1) is 6.68. The molecule has 2 N–H and O–H groups in total. The Kier molecular flexibility index (Phi) is 8.45. The van der Waals surface area contributed by atoms with Crippen molar-refractivity contribution in [2.45, 2.75) is 13.2 Å². The first kappa shape index (κ1) is 13.3. The monoisotopic (exact) mass is 208 g/mol. The summed E-state index contributed by atoms with van der Waals surface area (Å²) in [7, 11) is 0. The number of hydrogen-bond acceptors (Lipinski definition) is 5. The molecular weight excluding hydrogens is 192 g/mol. The Bertz CT molecular complexity index is 149. The minimum absolute atomic E-state index is 0.0413. The summed E-state index contributed by atoms with van der Waals surface area (Å²) in [5, 5.41) is 16.9. The summed E-state index contributed by atoms with van der Waals surface area (Å²) < 4.78 is 14.5. The molecule has 0 spiro atoms. The summed E-state index contributed by atoms with van der Waals surface area (Å²) in [6.07, 6.45) is -1.77. The lowest BCUT2D eigenvalue weighted by molar-refractivity contribution is -0.178. The molecule has 0 aliphatic rings. The van der Waals surface area contributed by atoms with Crippen molar-refractivity contribution in [1.82, 2.24) is 0 Å². The van der Waals surface area contributed by atoms with Crippen LogP contribution in [0.15, 0.2) is 0 Å². The predicted molar refractivity (Wildman–Crippen MR) is 46.9 cm³/mol. The van der Waals surface area contributed by atoms with Crippen LogP contribution in [0.5, 0.6) is 0 Å². The Balaban J connectivity index is 3.09. The van der Waals surface area contributed by atoms with Gasteiger partial charge in [-0.1, -0.05) is 0 Å². The second-order valence-corrected chi connectivity index (χ2v) is 2.37. The number of rotatable bonds is 9. The van der Waals surface area contributed by atoms with E-state index >= 15 is 0 Å². The molecule has 0 radical (unpaired) electrons. The van der Waals surface area contributed by atoms with Gasteiger partial charge in [-0.2, -0.15) is 0 Å². The molecule has 0 saturated heterocycles. The lowest BCUT2D eigenvalue weighted by Gasteiger charge is -2.07. The summed E-state index contributed by atoms with van der Waals surface area (Å²) in [6.45, 7) is 3.72. The summed E-state index contributed by atoms with van der Waals surface area (Å²) in [5.41, 5.74) is 0. The van der Waals surface area contributed by atoms with E-state index in [1.54, 1.807) is 0 Å². The summed E-state index contributed by atoms with van der Waals surface area (Å²) in [5.74, 6) is -1.40. The van der Waals surface area contributed by atoms with E-state index < -0.39 is 12.3 Å². The molecule has 0 fully saturated rings. The Labute approximate surface area is 82.4 Å². The molecule has 0 aliphatic carbocycles. The van der Waals surface area contributed by atoms with Gasteiger partial charge >= 0.3 is 5.97 Å². The van der Waals surface area contributed by atoms with Gasteiger partial charge in [0.25, 0.3) is 6.29 Å². The topological polar surface area (TPSA) is 85.2 Å². The zero-order valence-corrected chi connectivity index (χ0v) is 8.14. The normalized spacial score (nSPS) is 12.7. The highest BCUT2D eigenvalue weighted by atomic mass is 16.6. The molecule has 6 heteroatoms. The van der Waals surface area contributed by atoms with Crippen LogP contribution in [0.25, 0.3) is 0 Å². The number of ether oxygens (including phenoxy) is 3. The van der Waals surface area contributed by atoms with Crippen LogP contribution in [0.4, 0.5) is 0 Å². The number of aliphatic hydroxyl groups is 1. The smallest absolute Gasteiger partial charge is 0.360 e. The molecule has 1 atom stereocenters. The molecule has 0 saturated carbocycles. The van der Waals surface area contributed by atoms with E-state index in [1.807, 2.05) is 6.92 Å². The van der Waals surface area contributed by atoms with Gasteiger partial charge in [-0.15, -0.1) is 0 Å². The van der Waals surface area contributed by atoms with Gasteiger partial charge in [0.2, 0.25) is 0 Å². The fraction of sp³-hybridized carbons (Fsp3) is 0.875. The van der Waals surface area contributed by atoms with E-state index in [9.17, 15) is 4.79 Å². The third kappa shape index (κ3) is 7.93.